The lowest BCUT2D eigenvalue weighted by molar-refractivity contribution is -0.183. The van der Waals surface area contributed by atoms with E-state index < -0.39 is 24.1 Å². The third kappa shape index (κ3) is 64.4. The van der Waals surface area contributed by atoms with E-state index in [-0.39, 0.29) is 50.8 Å². The highest BCUT2D eigenvalue weighted by Gasteiger charge is 2.32. The van der Waals surface area contributed by atoms with E-state index in [9.17, 15) is 19.2 Å². The molecule has 8 heteroatoms. The van der Waals surface area contributed by atoms with Crippen molar-refractivity contribution in [2.24, 2.45) is 0 Å². The Morgan fingerprint density at radius 1 is 0.190 bits per heavy atom. The van der Waals surface area contributed by atoms with Gasteiger partial charge in [0.1, 0.15) is 13.2 Å². The van der Waals surface area contributed by atoms with Crippen LogP contribution >= 0.6 is 0 Å². The zero-order valence-electron chi connectivity index (χ0n) is 57.1. The number of rotatable bonds is 71. The maximum atomic E-state index is 13.6. The van der Waals surface area contributed by atoms with Gasteiger partial charge in [-0.05, 0) is 25.7 Å². The van der Waals surface area contributed by atoms with Crippen molar-refractivity contribution in [2.75, 3.05) is 13.2 Å². The van der Waals surface area contributed by atoms with Crippen LogP contribution in [0.4, 0.5) is 0 Å². The Kier molecular flexibility index (Phi) is 68.2. The summed E-state index contributed by atoms with van der Waals surface area (Å²) in [6.45, 7) is 8.62. The van der Waals surface area contributed by atoms with E-state index in [1.165, 1.54) is 308 Å². The van der Waals surface area contributed by atoms with Crippen molar-refractivity contribution in [2.45, 2.75) is 451 Å². The van der Waals surface area contributed by atoms with Crippen molar-refractivity contribution in [1.29, 1.82) is 0 Å². The predicted molar refractivity (Wildman–Crippen MR) is 360 cm³/mol. The third-order valence-electron chi connectivity index (χ3n) is 17.7. The van der Waals surface area contributed by atoms with E-state index in [0.29, 0.717) is 12.8 Å². The molecule has 0 rings (SSSR count). The lowest BCUT2D eigenvalue weighted by Crippen LogP contribution is -2.42. The van der Waals surface area contributed by atoms with Gasteiger partial charge in [-0.3, -0.25) is 19.2 Å². The summed E-state index contributed by atoms with van der Waals surface area (Å²) >= 11 is 0. The zero-order chi connectivity index (χ0) is 61.0. The first kappa shape index (κ1) is 81.9. The first-order valence-corrected chi connectivity index (χ1v) is 38.1. The molecule has 0 aromatic carbocycles. The number of carbonyl (C=O) groups is 4. The molecule has 8 nitrogen and oxygen atoms in total. The van der Waals surface area contributed by atoms with Crippen LogP contribution < -0.4 is 0 Å². The highest BCUT2D eigenvalue weighted by Crippen LogP contribution is 2.21. The zero-order valence-corrected chi connectivity index (χ0v) is 57.1. The van der Waals surface area contributed by atoms with Gasteiger partial charge in [0.25, 0.3) is 0 Å². The number of ether oxygens (including phenoxy) is 4. The molecule has 0 aromatic heterocycles. The first-order valence-electron chi connectivity index (χ1n) is 38.1. The quantitative estimate of drug-likeness (QED) is 0.0337. The molecule has 0 amide bonds. The Bertz CT molecular complexity index is 1250. The van der Waals surface area contributed by atoms with Gasteiger partial charge in [0.2, 0.25) is 0 Å². The van der Waals surface area contributed by atoms with Gasteiger partial charge in [0.05, 0.1) is 0 Å². The summed E-state index contributed by atoms with van der Waals surface area (Å²) in [5.74, 6) is -1.50. The van der Waals surface area contributed by atoms with Gasteiger partial charge in [-0.25, -0.2) is 0 Å². The number of esters is 4. The number of unbranched alkanes of at least 4 members (excludes halogenated alkanes) is 56. The molecule has 0 saturated heterocycles. The Morgan fingerprint density at radius 2 is 0.321 bits per heavy atom. The molecule has 0 bridgehead atoms. The van der Waals surface area contributed by atoms with Crippen LogP contribution in [0.25, 0.3) is 0 Å². The third-order valence-corrected chi connectivity index (χ3v) is 17.7. The Morgan fingerprint density at radius 3 is 0.476 bits per heavy atom. The van der Waals surface area contributed by atoms with Crippen molar-refractivity contribution >= 4 is 23.9 Å². The fourth-order valence-electron chi connectivity index (χ4n) is 11.9. The largest absolute Gasteiger partial charge is 0.462 e. The second kappa shape index (κ2) is 70.0. The summed E-state index contributed by atoms with van der Waals surface area (Å²) in [5, 5.41) is 0. The molecule has 498 valence electrons. The fraction of sp³-hybridized carbons (Fsp3) is 0.947. The van der Waals surface area contributed by atoms with Crippen LogP contribution in [-0.4, -0.2) is 49.3 Å². The number of hydrogen-bond acceptors (Lipinski definition) is 8. The van der Waals surface area contributed by atoms with Gasteiger partial charge in [-0.2, -0.15) is 0 Å². The van der Waals surface area contributed by atoms with E-state index in [1.54, 1.807) is 0 Å². The summed E-state index contributed by atoms with van der Waals surface area (Å²) in [5.41, 5.74) is 0. The summed E-state index contributed by atoms with van der Waals surface area (Å²) in [6, 6.07) is 0. The monoisotopic (exact) mass is 1190 g/mol. The van der Waals surface area contributed by atoms with Crippen LogP contribution in [0, 0.1) is 0 Å². The second-order valence-electron chi connectivity index (χ2n) is 26.2. The SMILES string of the molecule is CCCCCCCCCCCCCCCCCC(=O)OC[C@H](OC(=O)CCCCCCCCCCCCCCCCC)[C@@H](COC(=O)CCCCCCCCCCCCCCCCC)OC(=O)CCCCCCCCCCCCCCCCC. The predicted octanol–water partition coefficient (Wildman–Crippen LogP) is 24.9. The average Bonchev–Trinajstić information content (AvgIpc) is 3.49. The van der Waals surface area contributed by atoms with Crippen molar-refractivity contribution in [3.8, 4) is 0 Å². The highest BCUT2D eigenvalue weighted by molar-refractivity contribution is 5.72. The molecule has 0 aliphatic heterocycles. The second-order valence-corrected chi connectivity index (χ2v) is 26.2. The maximum absolute atomic E-state index is 13.6. The van der Waals surface area contributed by atoms with Crippen molar-refractivity contribution in [1.82, 2.24) is 0 Å². The van der Waals surface area contributed by atoms with E-state index in [0.717, 1.165) is 64.2 Å². The summed E-state index contributed by atoms with van der Waals surface area (Å²) in [4.78, 5) is 53.6. The van der Waals surface area contributed by atoms with Crippen LogP contribution in [0.2, 0.25) is 0 Å². The van der Waals surface area contributed by atoms with E-state index >= 15 is 0 Å². The van der Waals surface area contributed by atoms with Crippen molar-refractivity contribution in [3.63, 3.8) is 0 Å². The van der Waals surface area contributed by atoms with Gasteiger partial charge in [0.15, 0.2) is 12.2 Å². The average molecular weight is 1190 g/mol. The van der Waals surface area contributed by atoms with Crippen molar-refractivity contribution < 1.29 is 38.1 Å². The van der Waals surface area contributed by atoms with Crippen LogP contribution in [0.5, 0.6) is 0 Å². The normalized spacial score (nSPS) is 12.2. The van der Waals surface area contributed by atoms with E-state index in [1.807, 2.05) is 0 Å². The standard InChI is InChI=1S/C76H146O8/c1-5-9-13-17-21-25-29-33-37-41-45-49-53-57-61-65-73(77)81-69-71(83-75(79)67-63-59-55-51-47-43-39-35-31-27-23-19-15-11-7-3)72(84-76(80)68-64-60-56-52-48-44-40-36-32-28-24-20-16-12-8-4)70-82-74(78)66-62-58-54-50-46-42-38-34-30-26-22-18-14-10-6-2/h71-72H,5-70H2,1-4H3/t71-,72+. The van der Waals surface area contributed by atoms with Gasteiger partial charge >= 0.3 is 23.9 Å². The molecule has 0 aliphatic carbocycles. The Labute approximate surface area is 523 Å². The molecule has 0 saturated carbocycles. The molecule has 0 fully saturated rings. The molecule has 0 aliphatic rings. The fourth-order valence-corrected chi connectivity index (χ4v) is 11.9. The minimum atomic E-state index is -1.07. The van der Waals surface area contributed by atoms with Gasteiger partial charge in [0, 0.05) is 25.7 Å². The van der Waals surface area contributed by atoms with Crippen LogP contribution in [0.15, 0.2) is 0 Å². The minimum Gasteiger partial charge on any atom is -0.462 e. The van der Waals surface area contributed by atoms with E-state index in [2.05, 4.69) is 27.7 Å². The summed E-state index contributed by atoms with van der Waals surface area (Å²) in [6.07, 6.45) is 73.8. The lowest BCUT2D eigenvalue weighted by Gasteiger charge is -2.27. The molecule has 84 heavy (non-hydrogen) atoms. The lowest BCUT2D eigenvalue weighted by atomic mass is 10.0. The summed E-state index contributed by atoms with van der Waals surface area (Å²) < 4.78 is 23.8. The topological polar surface area (TPSA) is 105 Å². The molecule has 2 atom stereocenters. The Balaban J connectivity index is 5.36. The maximum Gasteiger partial charge on any atom is 0.306 e. The highest BCUT2D eigenvalue weighted by atomic mass is 16.6. The summed E-state index contributed by atoms with van der Waals surface area (Å²) in [7, 11) is 0. The molecule has 0 aromatic rings. The molecule has 0 spiro atoms. The van der Waals surface area contributed by atoms with E-state index in [4.69, 9.17) is 18.9 Å². The molecular formula is C76H146O8. The van der Waals surface area contributed by atoms with Gasteiger partial charge in [-0.1, -0.05) is 387 Å². The molecule has 0 N–H and O–H groups in total. The van der Waals surface area contributed by atoms with Gasteiger partial charge < -0.3 is 18.9 Å². The van der Waals surface area contributed by atoms with Crippen molar-refractivity contribution in [3.05, 3.63) is 0 Å². The minimum absolute atomic E-state index is 0.237. The molecular weight excluding hydrogens is 1040 g/mol. The van der Waals surface area contributed by atoms with Crippen LogP contribution in [-0.2, 0) is 38.1 Å². The smallest absolute Gasteiger partial charge is 0.306 e. The van der Waals surface area contributed by atoms with Crippen LogP contribution in [0.1, 0.15) is 439 Å². The molecule has 0 radical (unpaired) electrons. The van der Waals surface area contributed by atoms with Gasteiger partial charge in [-0.15, -0.1) is 0 Å². The van der Waals surface area contributed by atoms with Crippen LogP contribution in [0.3, 0.4) is 0 Å². The number of carbonyl (C=O) groups excluding carboxylic acids is 4. The number of hydrogen-bond donors (Lipinski definition) is 0. The molecule has 0 heterocycles. The first-order chi connectivity index (χ1) is 41.4. The Hall–Kier alpha value is -2.12. The molecule has 0 unspecified atom stereocenters.